The smallest absolute Gasteiger partial charge is 0.263 e. The van der Waals surface area contributed by atoms with Crippen LogP contribution in [0.2, 0.25) is 5.02 Å². The summed E-state index contributed by atoms with van der Waals surface area (Å²) in [5, 5.41) is 4.33. The molecule has 0 radical (unpaired) electrons. The van der Waals surface area contributed by atoms with Crippen LogP contribution in [0.15, 0.2) is 66.7 Å². The number of nitrogens with one attached hydrogen (secondary N) is 1. The molecule has 144 valence electrons. The average molecular weight is 422 g/mol. The molecule has 1 amide bonds. The van der Waals surface area contributed by atoms with Gasteiger partial charge in [0.25, 0.3) is 5.91 Å². The van der Waals surface area contributed by atoms with Crippen molar-refractivity contribution < 1.29 is 14.3 Å². The van der Waals surface area contributed by atoms with Gasteiger partial charge in [0, 0.05) is 16.6 Å². The van der Waals surface area contributed by atoms with E-state index in [1.807, 2.05) is 48.5 Å². The van der Waals surface area contributed by atoms with Crippen molar-refractivity contribution in [3.05, 3.63) is 82.2 Å². The Kier molecular flexibility index (Phi) is 4.62. The number of hydrogen-bond donors (Lipinski definition) is 1. The van der Waals surface area contributed by atoms with E-state index in [1.54, 1.807) is 0 Å². The summed E-state index contributed by atoms with van der Waals surface area (Å²) in [6, 6.07) is 21.9. The van der Waals surface area contributed by atoms with E-state index in [0.29, 0.717) is 22.2 Å². The van der Waals surface area contributed by atoms with Crippen LogP contribution in [0.1, 0.15) is 15.2 Å². The molecule has 4 aromatic rings. The predicted molar refractivity (Wildman–Crippen MR) is 116 cm³/mol. The first kappa shape index (κ1) is 18.0. The van der Waals surface area contributed by atoms with Gasteiger partial charge in [0.05, 0.1) is 5.02 Å². The van der Waals surface area contributed by atoms with E-state index in [0.717, 1.165) is 32.5 Å². The third kappa shape index (κ3) is 3.43. The van der Waals surface area contributed by atoms with Gasteiger partial charge in [-0.3, -0.25) is 4.79 Å². The van der Waals surface area contributed by atoms with Gasteiger partial charge in [-0.25, -0.2) is 0 Å². The second-order valence-electron chi connectivity index (χ2n) is 6.69. The first-order valence-corrected chi connectivity index (χ1v) is 10.3. The van der Waals surface area contributed by atoms with Gasteiger partial charge in [0.2, 0.25) is 6.79 Å². The van der Waals surface area contributed by atoms with Gasteiger partial charge in [-0.05, 0) is 34.9 Å². The Labute approximate surface area is 176 Å². The minimum Gasteiger partial charge on any atom is -0.454 e. The lowest BCUT2D eigenvalue weighted by Gasteiger charge is -2.05. The van der Waals surface area contributed by atoms with Crippen LogP contribution in [-0.4, -0.2) is 12.7 Å². The van der Waals surface area contributed by atoms with Crippen LogP contribution in [0, 0.1) is 0 Å². The summed E-state index contributed by atoms with van der Waals surface area (Å²) in [5.74, 6) is 1.24. The number of benzene rings is 3. The summed E-state index contributed by atoms with van der Waals surface area (Å²) in [6.45, 7) is 0.614. The maximum Gasteiger partial charge on any atom is 0.263 e. The number of fused-ring (bicyclic) bond motifs is 2. The van der Waals surface area contributed by atoms with Crippen LogP contribution in [0.4, 0.5) is 0 Å². The molecule has 1 aliphatic heterocycles. The van der Waals surface area contributed by atoms with E-state index in [2.05, 4.69) is 23.5 Å². The molecule has 0 saturated carbocycles. The van der Waals surface area contributed by atoms with E-state index < -0.39 is 0 Å². The van der Waals surface area contributed by atoms with Gasteiger partial charge in [-0.15, -0.1) is 11.3 Å². The summed E-state index contributed by atoms with van der Waals surface area (Å²) >= 11 is 7.93. The molecule has 2 heterocycles. The van der Waals surface area contributed by atoms with E-state index >= 15 is 0 Å². The Bertz CT molecular complexity index is 1220. The molecule has 3 aromatic carbocycles. The molecule has 0 aliphatic carbocycles. The molecule has 4 nitrogen and oxygen atoms in total. The van der Waals surface area contributed by atoms with E-state index in [9.17, 15) is 4.79 Å². The first-order valence-electron chi connectivity index (χ1n) is 9.13. The summed E-state index contributed by atoms with van der Waals surface area (Å²) in [7, 11) is 0. The Balaban J connectivity index is 1.38. The molecule has 0 atom stereocenters. The van der Waals surface area contributed by atoms with Crippen molar-refractivity contribution in [2.45, 2.75) is 6.54 Å². The van der Waals surface area contributed by atoms with Gasteiger partial charge in [0.1, 0.15) is 4.88 Å². The van der Waals surface area contributed by atoms with Gasteiger partial charge in [-0.2, -0.15) is 0 Å². The number of amides is 1. The molecule has 0 unspecified atom stereocenters. The van der Waals surface area contributed by atoms with Crippen LogP contribution in [0.25, 0.3) is 21.2 Å². The Hall–Kier alpha value is -3.02. The zero-order chi connectivity index (χ0) is 19.8. The first-order chi connectivity index (χ1) is 14.2. The third-order valence-corrected chi connectivity index (χ3v) is 6.49. The number of carbonyl (C=O) groups excluding carboxylic acids is 1. The molecular formula is C23H16ClNO3S. The van der Waals surface area contributed by atoms with E-state index in [4.69, 9.17) is 21.1 Å². The van der Waals surface area contributed by atoms with Crippen molar-refractivity contribution in [3.63, 3.8) is 0 Å². The molecule has 1 aromatic heterocycles. The normalized spacial score (nSPS) is 12.3. The molecule has 5 rings (SSSR count). The standard InChI is InChI=1S/C23H16ClNO3S/c24-21-17-8-7-16(15-4-2-1-3-5-15)11-20(17)29-22(21)23(26)25-12-14-6-9-18-19(10-14)28-13-27-18/h1-11H,12-13H2,(H,25,26). The SMILES string of the molecule is O=C(NCc1ccc2c(c1)OCO2)c1sc2cc(-c3ccccc3)ccc2c1Cl. The average Bonchev–Trinajstić information content (AvgIpc) is 3.36. The van der Waals surface area contributed by atoms with Crippen molar-refractivity contribution in [3.8, 4) is 22.6 Å². The number of halogens is 1. The zero-order valence-electron chi connectivity index (χ0n) is 15.3. The number of ether oxygens (including phenoxy) is 2. The summed E-state index contributed by atoms with van der Waals surface area (Å²) in [4.78, 5) is 13.3. The minimum atomic E-state index is -0.185. The quantitative estimate of drug-likeness (QED) is 0.447. The molecular weight excluding hydrogens is 406 g/mol. The molecule has 1 aliphatic rings. The zero-order valence-corrected chi connectivity index (χ0v) is 16.8. The van der Waals surface area contributed by atoms with Crippen LogP contribution in [0.3, 0.4) is 0 Å². The van der Waals surface area contributed by atoms with Crippen molar-refractivity contribution in [2.24, 2.45) is 0 Å². The van der Waals surface area contributed by atoms with Crippen molar-refractivity contribution in [1.82, 2.24) is 5.32 Å². The number of rotatable bonds is 4. The number of carbonyl (C=O) groups is 1. The highest BCUT2D eigenvalue weighted by molar-refractivity contribution is 7.21. The lowest BCUT2D eigenvalue weighted by molar-refractivity contribution is 0.0955. The van der Waals surface area contributed by atoms with E-state index in [-0.39, 0.29) is 12.7 Å². The lowest BCUT2D eigenvalue weighted by Crippen LogP contribution is -2.22. The second kappa shape index (κ2) is 7.43. The Morgan fingerprint density at radius 3 is 2.66 bits per heavy atom. The topological polar surface area (TPSA) is 47.6 Å². The van der Waals surface area contributed by atoms with Gasteiger partial charge in [0.15, 0.2) is 11.5 Å². The molecule has 0 bridgehead atoms. The van der Waals surface area contributed by atoms with Gasteiger partial charge < -0.3 is 14.8 Å². The second-order valence-corrected chi connectivity index (χ2v) is 8.12. The summed E-state index contributed by atoms with van der Waals surface area (Å²) in [5.41, 5.74) is 3.17. The monoisotopic (exact) mass is 421 g/mol. The lowest BCUT2D eigenvalue weighted by atomic mass is 10.0. The van der Waals surface area contributed by atoms with Crippen molar-refractivity contribution in [1.29, 1.82) is 0 Å². The molecule has 1 N–H and O–H groups in total. The van der Waals surface area contributed by atoms with Crippen LogP contribution < -0.4 is 14.8 Å². The van der Waals surface area contributed by atoms with Crippen molar-refractivity contribution >= 4 is 38.9 Å². The van der Waals surface area contributed by atoms with Gasteiger partial charge in [-0.1, -0.05) is 60.1 Å². The number of hydrogen-bond acceptors (Lipinski definition) is 4. The molecule has 0 saturated heterocycles. The maximum atomic E-state index is 12.8. The molecule has 6 heteroatoms. The fourth-order valence-electron chi connectivity index (χ4n) is 3.33. The molecule has 0 fully saturated rings. The maximum absolute atomic E-state index is 12.8. The predicted octanol–water partition coefficient (Wildman–Crippen LogP) is 5.88. The minimum absolute atomic E-state index is 0.185. The summed E-state index contributed by atoms with van der Waals surface area (Å²) in [6.07, 6.45) is 0. The molecule has 29 heavy (non-hydrogen) atoms. The number of thiophene rings is 1. The fraction of sp³-hybridized carbons (Fsp3) is 0.0870. The van der Waals surface area contributed by atoms with E-state index in [1.165, 1.54) is 11.3 Å². The highest BCUT2D eigenvalue weighted by Crippen LogP contribution is 2.38. The highest BCUT2D eigenvalue weighted by atomic mass is 35.5. The van der Waals surface area contributed by atoms with Crippen LogP contribution >= 0.6 is 22.9 Å². The molecule has 0 spiro atoms. The fourth-order valence-corrected chi connectivity index (χ4v) is 4.81. The summed E-state index contributed by atoms with van der Waals surface area (Å²) < 4.78 is 11.7. The highest BCUT2D eigenvalue weighted by Gasteiger charge is 2.18. The Morgan fingerprint density at radius 2 is 1.79 bits per heavy atom. The van der Waals surface area contributed by atoms with Crippen molar-refractivity contribution in [2.75, 3.05) is 6.79 Å². The van der Waals surface area contributed by atoms with Crippen LogP contribution in [0.5, 0.6) is 11.5 Å². The largest absolute Gasteiger partial charge is 0.454 e. The Morgan fingerprint density at radius 1 is 0.966 bits per heavy atom. The van der Waals surface area contributed by atoms with Crippen LogP contribution in [-0.2, 0) is 6.54 Å². The third-order valence-electron chi connectivity index (χ3n) is 4.83. The van der Waals surface area contributed by atoms with Gasteiger partial charge >= 0.3 is 0 Å².